The zero-order valence-corrected chi connectivity index (χ0v) is 12.7. The number of nitrogens with zero attached hydrogens (tertiary/aromatic N) is 1. The van der Waals surface area contributed by atoms with Crippen molar-refractivity contribution in [2.24, 2.45) is 0 Å². The Bertz CT molecular complexity index is 605. The van der Waals surface area contributed by atoms with Gasteiger partial charge in [-0.2, -0.15) is 0 Å². The van der Waals surface area contributed by atoms with Gasteiger partial charge in [-0.1, -0.05) is 55.3 Å². The van der Waals surface area contributed by atoms with Crippen molar-refractivity contribution in [3.8, 4) is 0 Å². The van der Waals surface area contributed by atoms with Gasteiger partial charge in [-0.25, -0.2) is 0 Å². The highest BCUT2D eigenvalue weighted by Crippen LogP contribution is 2.18. The van der Waals surface area contributed by atoms with Gasteiger partial charge in [0.05, 0.1) is 20.4 Å². The summed E-state index contributed by atoms with van der Waals surface area (Å²) in [5.74, 6) is 0.0344. The number of ketones is 1. The van der Waals surface area contributed by atoms with E-state index in [1.54, 1.807) is 4.57 Å². The predicted molar refractivity (Wildman–Crippen MR) is 77.6 cm³/mol. The smallest absolute Gasteiger partial charge is 0.297 e. The molecule has 0 spiro atoms. The molecule has 0 aliphatic carbocycles. The number of carbonyl (C=O) groups excluding carboxylic acids is 1. The third-order valence-corrected chi connectivity index (χ3v) is 4.71. The molecular weight excluding hydrogens is 370 g/mol. The van der Waals surface area contributed by atoms with Crippen LogP contribution in [0.15, 0.2) is 29.1 Å². The van der Waals surface area contributed by atoms with E-state index in [9.17, 15) is 9.59 Å². The highest BCUT2D eigenvalue weighted by atomic mass is 79.9. The van der Waals surface area contributed by atoms with Crippen LogP contribution in [0.5, 0.6) is 0 Å². The molecule has 6 heteroatoms. The third kappa shape index (κ3) is 2.69. The third-order valence-electron chi connectivity index (χ3n) is 2.40. The summed E-state index contributed by atoms with van der Waals surface area (Å²) in [7, 11) is 0. The molecule has 0 aliphatic heterocycles. The quantitative estimate of drug-likeness (QED) is 0.767. The van der Waals surface area contributed by atoms with Gasteiger partial charge < -0.3 is 0 Å². The largest absolute Gasteiger partial charge is 0.308 e. The van der Waals surface area contributed by atoms with Crippen molar-refractivity contribution in [1.29, 1.82) is 0 Å². The maximum atomic E-state index is 11.8. The second kappa shape index (κ2) is 5.46. The van der Waals surface area contributed by atoms with Crippen molar-refractivity contribution in [2.75, 3.05) is 5.33 Å². The Kier molecular flexibility index (Phi) is 4.17. The number of carbonyl (C=O) groups is 1. The molecule has 0 radical (unpaired) electrons. The Morgan fingerprint density at radius 3 is 2.82 bits per heavy atom. The number of Topliss-reactive ketones (excluding diaryl/α,β-unsaturated/α-hetero) is 1. The van der Waals surface area contributed by atoms with E-state index >= 15 is 0 Å². The average molecular weight is 379 g/mol. The van der Waals surface area contributed by atoms with E-state index < -0.39 is 0 Å². The molecule has 0 N–H and O–H groups in total. The number of para-hydroxylation sites is 1. The molecule has 0 saturated heterocycles. The molecule has 0 saturated carbocycles. The number of benzene rings is 1. The van der Waals surface area contributed by atoms with E-state index in [0.29, 0.717) is 11.9 Å². The summed E-state index contributed by atoms with van der Waals surface area (Å²) in [5, 5.41) is 0.291. The van der Waals surface area contributed by atoms with Gasteiger partial charge in [0.2, 0.25) is 0 Å². The van der Waals surface area contributed by atoms with Crippen LogP contribution in [0, 0.1) is 0 Å². The fourth-order valence-corrected chi connectivity index (χ4v) is 3.71. The first-order chi connectivity index (χ1) is 8.13. The van der Waals surface area contributed by atoms with E-state index in [1.165, 1.54) is 11.3 Å². The maximum Gasteiger partial charge on any atom is 0.308 e. The zero-order chi connectivity index (χ0) is 12.4. The van der Waals surface area contributed by atoms with Crippen molar-refractivity contribution in [3.05, 3.63) is 33.9 Å². The lowest BCUT2D eigenvalue weighted by molar-refractivity contribution is -0.116. The lowest BCUT2D eigenvalue weighted by Gasteiger charge is -2.08. The van der Waals surface area contributed by atoms with Crippen LogP contribution in [-0.2, 0) is 11.3 Å². The van der Waals surface area contributed by atoms with Crippen LogP contribution in [0.4, 0.5) is 0 Å². The number of halogens is 2. The molecule has 1 heterocycles. The molecular formula is C11H9Br2NO2S. The molecule has 0 bridgehead atoms. The van der Waals surface area contributed by atoms with Crippen molar-refractivity contribution in [2.45, 2.75) is 11.4 Å². The molecule has 0 aliphatic rings. The first kappa shape index (κ1) is 13.0. The average Bonchev–Trinajstić information content (AvgIpc) is 2.65. The molecule has 0 amide bonds. The fraction of sp³-hybridized carbons (Fsp3) is 0.273. The summed E-state index contributed by atoms with van der Waals surface area (Å²) in [5.41, 5.74) is 0.884. The zero-order valence-electron chi connectivity index (χ0n) is 8.73. The van der Waals surface area contributed by atoms with Crippen LogP contribution in [-0.4, -0.2) is 20.5 Å². The van der Waals surface area contributed by atoms with Crippen molar-refractivity contribution in [3.63, 3.8) is 0 Å². The van der Waals surface area contributed by atoms with Crippen LogP contribution in [0.3, 0.4) is 0 Å². The lowest BCUT2D eigenvalue weighted by atomic mass is 10.3. The predicted octanol–water partition coefficient (Wildman–Crippen LogP) is 2.79. The van der Waals surface area contributed by atoms with E-state index in [-0.39, 0.29) is 15.5 Å². The Labute approximate surface area is 119 Å². The van der Waals surface area contributed by atoms with Crippen LogP contribution < -0.4 is 4.87 Å². The van der Waals surface area contributed by atoms with Crippen LogP contribution in [0.1, 0.15) is 0 Å². The van der Waals surface area contributed by atoms with Gasteiger partial charge in [0.1, 0.15) is 0 Å². The summed E-state index contributed by atoms with van der Waals surface area (Å²) in [4.78, 5) is 22.9. The van der Waals surface area contributed by atoms with Gasteiger partial charge in [0.15, 0.2) is 5.78 Å². The van der Waals surface area contributed by atoms with Crippen LogP contribution in [0.2, 0.25) is 0 Å². The van der Waals surface area contributed by atoms with Crippen molar-refractivity contribution >= 4 is 59.2 Å². The number of thiazole rings is 1. The second-order valence-corrected chi connectivity index (χ2v) is 6.17. The molecule has 2 aromatic rings. The monoisotopic (exact) mass is 377 g/mol. The molecule has 0 fully saturated rings. The second-order valence-electron chi connectivity index (χ2n) is 3.51. The summed E-state index contributed by atoms with van der Waals surface area (Å²) in [6.45, 7) is 0.368. The standard InChI is InChI=1S/C11H9Br2NO2S/c12-5-9(15)7(13)6-14-8-3-1-2-4-10(8)17-11(14)16/h1-4,7H,5-6H2/t7-/m1/s1. The normalized spacial score (nSPS) is 12.8. The van der Waals surface area contributed by atoms with Crippen molar-refractivity contribution < 1.29 is 4.79 Å². The number of fused-ring (bicyclic) bond motifs is 1. The summed E-state index contributed by atoms with van der Waals surface area (Å²) < 4.78 is 2.59. The highest BCUT2D eigenvalue weighted by molar-refractivity contribution is 9.10. The van der Waals surface area contributed by atoms with E-state index in [0.717, 1.165) is 10.2 Å². The number of hydrogen-bond donors (Lipinski definition) is 0. The Balaban J connectivity index is 2.39. The lowest BCUT2D eigenvalue weighted by Crippen LogP contribution is -2.25. The molecule has 1 aromatic heterocycles. The number of hydrogen-bond acceptors (Lipinski definition) is 3. The fourth-order valence-electron chi connectivity index (χ4n) is 1.53. The number of rotatable bonds is 4. The maximum absolute atomic E-state index is 11.8. The molecule has 17 heavy (non-hydrogen) atoms. The van der Waals surface area contributed by atoms with Gasteiger partial charge >= 0.3 is 4.87 Å². The van der Waals surface area contributed by atoms with Crippen molar-refractivity contribution in [1.82, 2.24) is 4.57 Å². The first-order valence-electron chi connectivity index (χ1n) is 4.94. The first-order valence-corrected chi connectivity index (χ1v) is 7.80. The van der Waals surface area contributed by atoms with Gasteiger partial charge in [0.25, 0.3) is 0 Å². The van der Waals surface area contributed by atoms with E-state index in [1.807, 2.05) is 24.3 Å². The molecule has 1 aromatic carbocycles. The van der Waals surface area contributed by atoms with Gasteiger partial charge in [0, 0.05) is 6.54 Å². The van der Waals surface area contributed by atoms with Gasteiger partial charge in [-0.05, 0) is 12.1 Å². The minimum absolute atomic E-state index is 0.0296. The summed E-state index contributed by atoms with van der Waals surface area (Å²) in [6.07, 6.45) is 0. The Morgan fingerprint density at radius 1 is 1.41 bits per heavy atom. The van der Waals surface area contributed by atoms with Gasteiger partial charge in [-0.15, -0.1) is 0 Å². The highest BCUT2D eigenvalue weighted by Gasteiger charge is 2.17. The summed E-state index contributed by atoms with van der Waals surface area (Å²) in [6, 6.07) is 7.59. The topological polar surface area (TPSA) is 39.1 Å². The summed E-state index contributed by atoms with van der Waals surface area (Å²) >= 11 is 7.64. The molecule has 2 rings (SSSR count). The molecule has 1 atom stereocenters. The van der Waals surface area contributed by atoms with E-state index in [2.05, 4.69) is 31.9 Å². The molecule has 0 unspecified atom stereocenters. The van der Waals surface area contributed by atoms with Gasteiger partial charge in [-0.3, -0.25) is 14.2 Å². The Morgan fingerprint density at radius 2 is 2.12 bits per heavy atom. The number of aromatic nitrogens is 1. The minimum atomic E-state index is -0.336. The van der Waals surface area contributed by atoms with E-state index in [4.69, 9.17) is 0 Å². The number of alkyl halides is 2. The molecule has 3 nitrogen and oxygen atoms in total. The van der Waals surface area contributed by atoms with Crippen LogP contribution in [0.25, 0.3) is 10.2 Å². The molecule has 90 valence electrons. The SMILES string of the molecule is O=C(CBr)[C@H](Br)Cn1c(=O)sc2ccccc21. The van der Waals surface area contributed by atoms with Crippen LogP contribution >= 0.6 is 43.2 Å². The minimum Gasteiger partial charge on any atom is -0.297 e. The Hall–Kier alpha value is -0.460.